The maximum Gasteiger partial charge on any atom is 0.186 e. The van der Waals surface area contributed by atoms with Gasteiger partial charge in [-0.05, 0) is 22.3 Å². The second-order valence-corrected chi connectivity index (χ2v) is 5.33. The molecule has 0 saturated heterocycles. The molecule has 0 bridgehead atoms. The molecule has 0 atom stereocenters. The van der Waals surface area contributed by atoms with Crippen molar-refractivity contribution in [1.29, 1.82) is 0 Å². The molecule has 0 aliphatic carbocycles. The summed E-state index contributed by atoms with van der Waals surface area (Å²) in [5.41, 5.74) is 15.5. The van der Waals surface area contributed by atoms with E-state index in [9.17, 15) is 0 Å². The average Bonchev–Trinajstić information content (AvgIpc) is 3.07. The van der Waals surface area contributed by atoms with Gasteiger partial charge in [-0.3, -0.25) is 0 Å². The third-order valence-corrected chi connectivity index (χ3v) is 3.64. The highest BCUT2D eigenvalue weighted by molar-refractivity contribution is 5.76. The summed E-state index contributed by atoms with van der Waals surface area (Å²) >= 11 is 0. The number of hydrogen-bond donors (Lipinski definition) is 2. The second-order valence-electron chi connectivity index (χ2n) is 5.33. The van der Waals surface area contributed by atoms with E-state index in [2.05, 4.69) is 40.3 Å². The highest BCUT2D eigenvalue weighted by atomic mass is 15.0. The van der Waals surface area contributed by atoms with Gasteiger partial charge in [0.25, 0.3) is 0 Å². The fourth-order valence-electron chi connectivity index (χ4n) is 2.50. The van der Waals surface area contributed by atoms with Crippen molar-refractivity contribution in [3.05, 3.63) is 78.4 Å². The van der Waals surface area contributed by atoms with Crippen molar-refractivity contribution in [3.8, 4) is 11.1 Å². The maximum absolute atomic E-state index is 5.43. The molecular formula is C18H19N5. The Morgan fingerprint density at radius 3 is 2.52 bits per heavy atom. The van der Waals surface area contributed by atoms with Gasteiger partial charge in [0.1, 0.15) is 0 Å². The van der Waals surface area contributed by atoms with Crippen molar-refractivity contribution in [2.45, 2.75) is 13.1 Å². The number of nitrogens with two attached hydrogens (primary N) is 2. The van der Waals surface area contributed by atoms with Crippen molar-refractivity contribution in [3.63, 3.8) is 0 Å². The molecule has 3 aromatic rings. The molecule has 23 heavy (non-hydrogen) atoms. The van der Waals surface area contributed by atoms with Crippen molar-refractivity contribution in [2.24, 2.45) is 16.5 Å². The van der Waals surface area contributed by atoms with Crippen LogP contribution >= 0.6 is 0 Å². The number of benzene rings is 2. The third kappa shape index (κ3) is 3.77. The predicted octanol–water partition coefficient (Wildman–Crippen LogP) is 2.37. The molecule has 5 nitrogen and oxygen atoms in total. The smallest absolute Gasteiger partial charge is 0.186 e. The summed E-state index contributed by atoms with van der Waals surface area (Å²) in [7, 11) is 0. The van der Waals surface area contributed by atoms with E-state index in [0.29, 0.717) is 6.54 Å². The third-order valence-electron chi connectivity index (χ3n) is 3.64. The molecule has 1 aromatic heterocycles. The van der Waals surface area contributed by atoms with Crippen molar-refractivity contribution >= 4 is 5.96 Å². The van der Waals surface area contributed by atoms with Gasteiger partial charge >= 0.3 is 0 Å². The van der Waals surface area contributed by atoms with Crippen molar-refractivity contribution in [2.75, 3.05) is 0 Å². The minimum absolute atomic E-state index is 0.107. The van der Waals surface area contributed by atoms with Gasteiger partial charge in [-0.25, -0.2) is 9.98 Å². The molecule has 4 N–H and O–H groups in total. The Labute approximate surface area is 135 Å². The lowest BCUT2D eigenvalue weighted by atomic mass is 9.98. The van der Waals surface area contributed by atoms with E-state index in [1.54, 1.807) is 6.20 Å². The van der Waals surface area contributed by atoms with Crippen LogP contribution in [0, 0.1) is 0 Å². The lowest BCUT2D eigenvalue weighted by Gasteiger charge is -2.09. The Kier molecular flexibility index (Phi) is 4.38. The zero-order valence-corrected chi connectivity index (χ0v) is 12.8. The molecule has 1 heterocycles. The Morgan fingerprint density at radius 2 is 1.83 bits per heavy atom. The van der Waals surface area contributed by atoms with E-state index >= 15 is 0 Å². The van der Waals surface area contributed by atoms with Crippen LogP contribution in [0.1, 0.15) is 11.1 Å². The molecule has 116 valence electrons. The maximum atomic E-state index is 5.43. The monoisotopic (exact) mass is 305 g/mol. The summed E-state index contributed by atoms with van der Waals surface area (Å²) in [4.78, 5) is 8.17. The Bertz CT molecular complexity index is 785. The van der Waals surface area contributed by atoms with E-state index in [1.165, 1.54) is 5.56 Å². The highest BCUT2D eigenvalue weighted by Crippen LogP contribution is 2.24. The quantitative estimate of drug-likeness (QED) is 0.561. The average molecular weight is 305 g/mol. The molecular weight excluding hydrogens is 286 g/mol. The minimum atomic E-state index is 0.107. The summed E-state index contributed by atoms with van der Waals surface area (Å²) in [6.07, 6.45) is 5.56. The van der Waals surface area contributed by atoms with Crippen LogP contribution in [-0.4, -0.2) is 15.5 Å². The number of guanidine groups is 1. The van der Waals surface area contributed by atoms with E-state index in [0.717, 1.165) is 23.2 Å². The van der Waals surface area contributed by atoms with Gasteiger partial charge in [0.15, 0.2) is 5.96 Å². The Morgan fingerprint density at radius 1 is 1.04 bits per heavy atom. The van der Waals surface area contributed by atoms with Crippen LogP contribution < -0.4 is 11.5 Å². The molecule has 3 rings (SSSR count). The van der Waals surface area contributed by atoms with Gasteiger partial charge in [0, 0.05) is 18.9 Å². The fraction of sp³-hybridized carbons (Fsp3) is 0.111. The van der Waals surface area contributed by atoms with Gasteiger partial charge in [0.05, 0.1) is 12.9 Å². The van der Waals surface area contributed by atoms with E-state index < -0.39 is 0 Å². The first-order chi connectivity index (χ1) is 11.2. The van der Waals surface area contributed by atoms with Gasteiger partial charge in [0.2, 0.25) is 0 Å². The summed E-state index contributed by atoms with van der Waals surface area (Å²) in [6, 6.07) is 16.7. The molecule has 0 fully saturated rings. The number of imidazole rings is 1. The van der Waals surface area contributed by atoms with Gasteiger partial charge < -0.3 is 16.0 Å². The molecule has 0 aliphatic rings. The van der Waals surface area contributed by atoms with Crippen LogP contribution in [0.2, 0.25) is 0 Å². The second kappa shape index (κ2) is 6.79. The highest BCUT2D eigenvalue weighted by Gasteiger charge is 2.04. The van der Waals surface area contributed by atoms with E-state index in [1.807, 2.05) is 35.3 Å². The lowest BCUT2D eigenvalue weighted by Crippen LogP contribution is -2.22. The molecule has 2 aromatic carbocycles. The Balaban J connectivity index is 1.83. The summed E-state index contributed by atoms with van der Waals surface area (Å²) in [6.45, 7) is 1.30. The zero-order chi connectivity index (χ0) is 16.1. The minimum Gasteiger partial charge on any atom is -0.370 e. The van der Waals surface area contributed by atoms with Crippen LogP contribution in [0.15, 0.2) is 72.2 Å². The van der Waals surface area contributed by atoms with Crippen LogP contribution in [0.25, 0.3) is 11.1 Å². The van der Waals surface area contributed by atoms with E-state index in [-0.39, 0.29) is 5.96 Å². The zero-order valence-electron chi connectivity index (χ0n) is 12.8. The van der Waals surface area contributed by atoms with Gasteiger partial charge in [-0.1, -0.05) is 48.5 Å². The standard InChI is InChI=1S/C18H19N5/c19-18(20)22-11-16-3-1-2-4-17(16)15-7-5-14(6-8-15)12-23-10-9-21-13-23/h1-10,13H,11-12H2,(H4,19,20,22). The topological polar surface area (TPSA) is 82.2 Å². The summed E-state index contributed by atoms with van der Waals surface area (Å²) < 4.78 is 2.04. The number of aromatic nitrogens is 2. The molecule has 0 saturated carbocycles. The first-order valence-corrected chi connectivity index (χ1v) is 7.41. The number of aliphatic imine (C=N–C) groups is 1. The largest absolute Gasteiger partial charge is 0.370 e. The van der Waals surface area contributed by atoms with Crippen LogP contribution in [0.3, 0.4) is 0 Å². The predicted molar refractivity (Wildman–Crippen MR) is 92.7 cm³/mol. The Hall–Kier alpha value is -3.08. The molecule has 5 heteroatoms. The number of hydrogen-bond acceptors (Lipinski definition) is 2. The van der Waals surface area contributed by atoms with Gasteiger partial charge in [-0.2, -0.15) is 0 Å². The van der Waals surface area contributed by atoms with Gasteiger partial charge in [-0.15, -0.1) is 0 Å². The van der Waals surface area contributed by atoms with Crippen molar-refractivity contribution in [1.82, 2.24) is 9.55 Å². The van der Waals surface area contributed by atoms with E-state index in [4.69, 9.17) is 11.5 Å². The number of rotatable bonds is 5. The molecule has 0 radical (unpaired) electrons. The molecule has 0 amide bonds. The lowest BCUT2D eigenvalue weighted by molar-refractivity contribution is 0.797. The van der Waals surface area contributed by atoms with Crippen LogP contribution in [0.5, 0.6) is 0 Å². The molecule has 0 aliphatic heterocycles. The first-order valence-electron chi connectivity index (χ1n) is 7.41. The van der Waals surface area contributed by atoms with Crippen molar-refractivity contribution < 1.29 is 0 Å². The molecule has 0 spiro atoms. The summed E-state index contributed by atoms with van der Waals surface area (Å²) in [5, 5.41) is 0. The molecule has 0 unspecified atom stereocenters. The summed E-state index contributed by atoms with van der Waals surface area (Å²) in [5.74, 6) is 0.107. The first kappa shape index (κ1) is 14.8. The fourth-order valence-corrected chi connectivity index (χ4v) is 2.50. The van der Waals surface area contributed by atoms with Crippen LogP contribution in [0.4, 0.5) is 0 Å². The SMILES string of the molecule is NC(N)=NCc1ccccc1-c1ccc(Cn2ccnc2)cc1. The number of nitrogens with zero attached hydrogens (tertiary/aromatic N) is 3. The normalized spacial score (nSPS) is 10.4. The van der Waals surface area contributed by atoms with Crippen LogP contribution in [-0.2, 0) is 13.1 Å².